The van der Waals surface area contributed by atoms with Gasteiger partial charge in [0.05, 0.1) is 5.56 Å². The summed E-state index contributed by atoms with van der Waals surface area (Å²) in [6, 6.07) is 4.23. The second-order valence-electron chi connectivity index (χ2n) is 5.28. The maximum absolute atomic E-state index is 13.2. The van der Waals surface area contributed by atoms with Crippen LogP contribution in [0, 0.1) is 17.7 Å². The van der Waals surface area contributed by atoms with Crippen molar-refractivity contribution in [3.05, 3.63) is 34.1 Å². The zero-order valence-corrected chi connectivity index (χ0v) is 12.2. The lowest BCUT2D eigenvalue weighted by Gasteiger charge is -2.35. The Kier molecular flexibility index (Phi) is 4.05. The molecule has 1 aliphatic rings. The van der Waals surface area contributed by atoms with Crippen molar-refractivity contribution < 1.29 is 9.18 Å². The average Bonchev–Trinajstić information content (AvgIpc) is 2.30. The summed E-state index contributed by atoms with van der Waals surface area (Å²) in [4.78, 5) is 14.2. The van der Waals surface area contributed by atoms with Gasteiger partial charge >= 0.3 is 0 Å². The highest BCUT2D eigenvalue weighted by Gasteiger charge is 2.27. The molecule has 0 radical (unpaired) electrons. The van der Waals surface area contributed by atoms with E-state index >= 15 is 0 Å². The summed E-state index contributed by atoms with van der Waals surface area (Å²) in [5, 5.41) is 0. The Morgan fingerprint density at radius 2 is 1.94 bits per heavy atom. The molecule has 1 aliphatic heterocycles. The van der Waals surface area contributed by atoms with Gasteiger partial charge in [-0.1, -0.05) is 13.8 Å². The van der Waals surface area contributed by atoms with Crippen LogP contribution >= 0.6 is 15.9 Å². The molecule has 2 rings (SSSR count). The molecule has 1 aromatic carbocycles. The minimum Gasteiger partial charge on any atom is -0.338 e. The maximum Gasteiger partial charge on any atom is 0.255 e. The van der Waals surface area contributed by atoms with Gasteiger partial charge in [-0.3, -0.25) is 4.79 Å². The minimum absolute atomic E-state index is 0.0835. The van der Waals surface area contributed by atoms with Gasteiger partial charge in [0.1, 0.15) is 5.82 Å². The third kappa shape index (κ3) is 2.91. The van der Waals surface area contributed by atoms with E-state index in [1.165, 1.54) is 12.1 Å². The molecule has 0 aliphatic carbocycles. The van der Waals surface area contributed by atoms with Gasteiger partial charge < -0.3 is 4.90 Å². The number of hydrogen-bond acceptors (Lipinski definition) is 1. The fraction of sp³-hybridized carbons (Fsp3) is 0.500. The number of carbonyl (C=O) groups is 1. The molecule has 2 nitrogen and oxygen atoms in total. The van der Waals surface area contributed by atoms with Gasteiger partial charge in [0.15, 0.2) is 0 Å². The monoisotopic (exact) mass is 313 g/mol. The lowest BCUT2D eigenvalue weighted by molar-refractivity contribution is 0.0621. The summed E-state index contributed by atoms with van der Waals surface area (Å²) in [5.74, 6) is 0.550. The van der Waals surface area contributed by atoms with E-state index in [-0.39, 0.29) is 11.7 Å². The van der Waals surface area contributed by atoms with Crippen LogP contribution < -0.4 is 0 Å². The van der Waals surface area contributed by atoms with Crippen LogP contribution in [0.4, 0.5) is 4.39 Å². The number of amides is 1. The lowest BCUT2D eigenvalue weighted by Crippen LogP contribution is -2.42. The van der Waals surface area contributed by atoms with E-state index in [0.29, 0.717) is 21.9 Å². The van der Waals surface area contributed by atoms with Crippen LogP contribution in [-0.2, 0) is 0 Å². The Balaban J connectivity index is 2.22. The normalized spacial score (nSPS) is 24.1. The second-order valence-corrected chi connectivity index (χ2v) is 6.13. The van der Waals surface area contributed by atoms with Gasteiger partial charge in [0.2, 0.25) is 0 Å². The molecule has 1 aromatic rings. The molecular weight excluding hydrogens is 297 g/mol. The molecule has 2 atom stereocenters. The highest BCUT2D eigenvalue weighted by molar-refractivity contribution is 9.10. The highest BCUT2D eigenvalue weighted by Crippen LogP contribution is 2.25. The quantitative estimate of drug-likeness (QED) is 0.774. The summed E-state index contributed by atoms with van der Waals surface area (Å²) in [6.45, 7) is 5.81. The van der Waals surface area contributed by atoms with Crippen molar-refractivity contribution >= 4 is 21.8 Å². The van der Waals surface area contributed by atoms with E-state index in [4.69, 9.17) is 0 Å². The van der Waals surface area contributed by atoms with Crippen molar-refractivity contribution in [2.45, 2.75) is 20.3 Å². The molecule has 98 valence electrons. The summed E-state index contributed by atoms with van der Waals surface area (Å²) >= 11 is 3.31. The first kappa shape index (κ1) is 13.5. The molecule has 18 heavy (non-hydrogen) atoms. The molecule has 1 amide bonds. The average molecular weight is 314 g/mol. The Labute approximate surface area is 115 Å². The standard InChI is InChI=1S/C14H17BrFNO/c1-9-5-10(2)8-17(7-9)14(18)12-6-11(16)3-4-13(12)15/h3-4,6,9-10H,5,7-8H2,1-2H3. The number of likely N-dealkylation sites (tertiary alicyclic amines) is 1. The van der Waals surface area contributed by atoms with Crippen LogP contribution in [0.2, 0.25) is 0 Å². The molecule has 0 bridgehead atoms. The van der Waals surface area contributed by atoms with Gasteiger partial charge in [-0.25, -0.2) is 4.39 Å². The third-order valence-corrected chi connectivity index (χ3v) is 4.01. The van der Waals surface area contributed by atoms with Gasteiger partial charge in [-0.2, -0.15) is 0 Å². The smallest absolute Gasteiger partial charge is 0.255 e. The van der Waals surface area contributed by atoms with Crippen molar-refractivity contribution in [3.8, 4) is 0 Å². The zero-order chi connectivity index (χ0) is 13.3. The van der Waals surface area contributed by atoms with Crippen molar-refractivity contribution in [3.63, 3.8) is 0 Å². The number of piperidine rings is 1. The largest absolute Gasteiger partial charge is 0.338 e. The predicted octanol–water partition coefficient (Wildman–Crippen LogP) is 3.71. The third-order valence-electron chi connectivity index (χ3n) is 3.31. The molecule has 1 heterocycles. The van der Waals surface area contributed by atoms with E-state index in [1.54, 1.807) is 6.07 Å². The number of halogens is 2. The van der Waals surface area contributed by atoms with Gasteiger partial charge in [0, 0.05) is 17.6 Å². The highest BCUT2D eigenvalue weighted by atomic mass is 79.9. The minimum atomic E-state index is -0.375. The number of hydrogen-bond donors (Lipinski definition) is 0. The molecule has 0 aromatic heterocycles. The number of rotatable bonds is 1. The summed E-state index contributed by atoms with van der Waals surface area (Å²) in [5.41, 5.74) is 0.413. The maximum atomic E-state index is 13.2. The second kappa shape index (κ2) is 5.39. The first-order chi connectivity index (χ1) is 8.47. The molecule has 0 saturated carbocycles. The molecule has 2 unspecified atom stereocenters. The van der Waals surface area contributed by atoms with E-state index in [9.17, 15) is 9.18 Å². The Morgan fingerprint density at radius 1 is 1.33 bits per heavy atom. The molecule has 0 N–H and O–H groups in total. The van der Waals surface area contributed by atoms with Crippen LogP contribution in [-0.4, -0.2) is 23.9 Å². The van der Waals surface area contributed by atoms with Gasteiger partial charge in [-0.05, 0) is 52.4 Å². The molecule has 4 heteroatoms. The van der Waals surface area contributed by atoms with Crippen LogP contribution in [0.5, 0.6) is 0 Å². The summed E-state index contributed by atoms with van der Waals surface area (Å²) in [7, 11) is 0. The van der Waals surface area contributed by atoms with Crippen LogP contribution in [0.25, 0.3) is 0 Å². The first-order valence-corrected chi connectivity index (χ1v) is 7.01. The van der Waals surface area contributed by atoms with Crippen molar-refractivity contribution in [2.24, 2.45) is 11.8 Å². The molecule has 1 fully saturated rings. The van der Waals surface area contributed by atoms with Crippen LogP contribution in [0.3, 0.4) is 0 Å². The Bertz CT molecular complexity index is 453. The van der Waals surface area contributed by atoms with E-state index in [2.05, 4.69) is 29.8 Å². The Morgan fingerprint density at radius 3 is 2.56 bits per heavy atom. The first-order valence-electron chi connectivity index (χ1n) is 6.21. The van der Waals surface area contributed by atoms with Crippen LogP contribution in [0.15, 0.2) is 22.7 Å². The predicted molar refractivity (Wildman–Crippen MR) is 72.9 cm³/mol. The van der Waals surface area contributed by atoms with Crippen molar-refractivity contribution in [2.75, 3.05) is 13.1 Å². The van der Waals surface area contributed by atoms with Gasteiger partial charge in [-0.15, -0.1) is 0 Å². The van der Waals surface area contributed by atoms with Crippen LogP contribution in [0.1, 0.15) is 30.6 Å². The molecule has 0 spiro atoms. The van der Waals surface area contributed by atoms with E-state index in [0.717, 1.165) is 19.5 Å². The summed E-state index contributed by atoms with van der Waals surface area (Å²) < 4.78 is 13.9. The van der Waals surface area contributed by atoms with Crippen molar-refractivity contribution in [1.82, 2.24) is 4.90 Å². The summed E-state index contributed by atoms with van der Waals surface area (Å²) in [6.07, 6.45) is 1.15. The Hall–Kier alpha value is -0.900. The number of benzene rings is 1. The molecule has 1 saturated heterocycles. The number of carbonyl (C=O) groups excluding carboxylic acids is 1. The molecular formula is C14H17BrFNO. The fourth-order valence-electron chi connectivity index (χ4n) is 2.66. The van der Waals surface area contributed by atoms with Crippen molar-refractivity contribution in [1.29, 1.82) is 0 Å². The zero-order valence-electron chi connectivity index (χ0n) is 10.6. The topological polar surface area (TPSA) is 20.3 Å². The number of nitrogens with zero attached hydrogens (tertiary/aromatic N) is 1. The van der Waals surface area contributed by atoms with Gasteiger partial charge in [0.25, 0.3) is 5.91 Å². The van der Waals surface area contributed by atoms with E-state index in [1.807, 2.05) is 4.90 Å². The lowest BCUT2D eigenvalue weighted by atomic mass is 9.91. The van der Waals surface area contributed by atoms with E-state index < -0.39 is 0 Å². The fourth-order valence-corrected chi connectivity index (χ4v) is 3.08. The SMILES string of the molecule is CC1CC(C)CN(C(=O)c2cc(F)ccc2Br)C1.